The maximum Gasteiger partial charge on any atom is 0.261 e. The van der Waals surface area contributed by atoms with Crippen molar-refractivity contribution in [3.8, 4) is 5.75 Å². The Balaban J connectivity index is 1.61. The van der Waals surface area contributed by atoms with Gasteiger partial charge in [-0.3, -0.25) is 9.48 Å². The fourth-order valence-corrected chi connectivity index (χ4v) is 2.65. The SMILES string of the molecule is Cc1cc(CNC(=O)[C@H](C)Oc2ccc3ccccc3c2)n(C)n1. The zero-order valence-electron chi connectivity index (χ0n) is 14.1. The lowest BCUT2D eigenvalue weighted by Crippen LogP contribution is -2.36. The lowest BCUT2D eigenvalue weighted by atomic mass is 10.1. The summed E-state index contributed by atoms with van der Waals surface area (Å²) in [5.41, 5.74) is 1.89. The molecule has 0 aliphatic rings. The van der Waals surface area contributed by atoms with Gasteiger partial charge in [0.25, 0.3) is 5.91 Å². The van der Waals surface area contributed by atoms with Crippen molar-refractivity contribution < 1.29 is 9.53 Å². The number of aryl methyl sites for hydroxylation is 2. The molecule has 1 amide bonds. The van der Waals surface area contributed by atoms with Crippen LogP contribution in [0, 0.1) is 6.92 Å². The maximum absolute atomic E-state index is 12.2. The zero-order valence-corrected chi connectivity index (χ0v) is 14.1. The van der Waals surface area contributed by atoms with Crippen LogP contribution in [0.5, 0.6) is 5.75 Å². The predicted octanol–water partition coefficient (Wildman–Crippen LogP) is 2.97. The molecule has 0 saturated heterocycles. The molecule has 3 aromatic rings. The number of aromatic nitrogens is 2. The number of amides is 1. The summed E-state index contributed by atoms with van der Waals surface area (Å²) in [6.45, 7) is 4.11. The standard InChI is InChI=1S/C19H21N3O2/c1-13-10-17(22(3)21-13)12-20-19(23)14(2)24-18-9-8-15-6-4-5-7-16(15)11-18/h4-11,14H,12H2,1-3H3,(H,20,23)/t14-/m0/s1. The van der Waals surface area contributed by atoms with Crippen LogP contribution in [0.4, 0.5) is 0 Å². The summed E-state index contributed by atoms with van der Waals surface area (Å²) >= 11 is 0. The highest BCUT2D eigenvalue weighted by molar-refractivity contribution is 5.84. The summed E-state index contributed by atoms with van der Waals surface area (Å²) in [6.07, 6.45) is -0.569. The van der Waals surface area contributed by atoms with E-state index in [0.29, 0.717) is 12.3 Å². The highest BCUT2D eigenvalue weighted by Crippen LogP contribution is 2.21. The molecule has 5 heteroatoms. The van der Waals surface area contributed by atoms with E-state index in [0.717, 1.165) is 22.2 Å². The number of carbonyl (C=O) groups excluding carboxylic acids is 1. The molecule has 1 atom stereocenters. The molecule has 1 aromatic heterocycles. The summed E-state index contributed by atoms with van der Waals surface area (Å²) in [7, 11) is 1.86. The maximum atomic E-state index is 12.2. The molecular weight excluding hydrogens is 302 g/mol. The van der Waals surface area contributed by atoms with Crippen LogP contribution in [-0.4, -0.2) is 21.8 Å². The van der Waals surface area contributed by atoms with E-state index in [1.807, 2.05) is 62.5 Å². The number of hydrogen-bond acceptors (Lipinski definition) is 3. The van der Waals surface area contributed by atoms with Crippen molar-refractivity contribution in [2.75, 3.05) is 0 Å². The van der Waals surface area contributed by atoms with Crippen molar-refractivity contribution >= 4 is 16.7 Å². The third-order valence-corrected chi connectivity index (χ3v) is 3.95. The average molecular weight is 323 g/mol. The topological polar surface area (TPSA) is 56.1 Å². The zero-order chi connectivity index (χ0) is 17.1. The third-order valence-electron chi connectivity index (χ3n) is 3.95. The van der Waals surface area contributed by atoms with Gasteiger partial charge in [-0.1, -0.05) is 30.3 Å². The van der Waals surface area contributed by atoms with E-state index in [-0.39, 0.29) is 5.91 Å². The number of fused-ring (bicyclic) bond motifs is 1. The molecule has 0 spiro atoms. The Kier molecular flexibility index (Phi) is 4.51. The molecule has 0 bridgehead atoms. The van der Waals surface area contributed by atoms with Crippen LogP contribution < -0.4 is 10.1 Å². The Morgan fingerprint density at radius 1 is 1.21 bits per heavy atom. The molecule has 24 heavy (non-hydrogen) atoms. The molecule has 0 radical (unpaired) electrons. The van der Waals surface area contributed by atoms with Gasteiger partial charge in [0, 0.05) is 7.05 Å². The van der Waals surface area contributed by atoms with Crippen molar-refractivity contribution in [3.05, 3.63) is 59.9 Å². The van der Waals surface area contributed by atoms with E-state index in [1.54, 1.807) is 11.6 Å². The molecule has 5 nitrogen and oxygen atoms in total. The van der Waals surface area contributed by atoms with Crippen molar-refractivity contribution in [1.82, 2.24) is 15.1 Å². The van der Waals surface area contributed by atoms with Crippen LogP contribution in [-0.2, 0) is 18.4 Å². The van der Waals surface area contributed by atoms with E-state index in [9.17, 15) is 4.79 Å². The molecule has 1 heterocycles. The molecule has 0 saturated carbocycles. The first-order chi connectivity index (χ1) is 11.5. The van der Waals surface area contributed by atoms with E-state index in [4.69, 9.17) is 4.74 Å². The van der Waals surface area contributed by atoms with E-state index < -0.39 is 6.10 Å². The predicted molar refractivity (Wildman–Crippen MR) is 93.8 cm³/mol. The van der Waals surface area contributed by atoms with E-state index in [1.165, 1.54) is 0 Å². The normalized spacial score (nSPS) is 12.1. The van der Waals surface area contributed by atoms with Crippen LogP contribution in [0.15, 0.2) is 48.5 Å². The van der Waals surface area contributed by atoms with Crippen molar-refractivity contribution in [2.24, 2.45) is 7.05 Å². The van der Waals surface area contributed by atoms with Gasteiger partial charge in [0.15, 0.2) is 6.10 Å². The van der Waals surface area contributed by atoms with Gasteiger partial charge in [0.2, 0.25) is 0 Å². The first kappa shape index (κ1) is 16.1. The van der Waals surface area contributed by atoms with Gasteiger partial charge in [-0.15, -0.1) is 0 Å². The van der Waals surface area contributed by atoms with Crippen LogP contribution in [0.1, 0.15) is 18.3 Å². The minimum atomic E-state index is -0.569. The van der Waals surface area contributed by atoms with Gasteiger partial charge in [-0.25, -0.2) is 0 Å². The summed E-state index contributed by atoms with van der Waals surface area (Å²) in [5.74, 6) is 0.537. The number of carbonyl (C=O) groups is 1. The summed E-state index contributed by atoms with van der Waals surface area (Å²) in [5, 5.41) is 9.39. The van der Waals surface area contributed by atoms with Gasteiger partial charge in [-0.2, -0.15) is 5.10 Å². The Morgan fingerprint density at radius 2 is 1.96 bits per heavy atom. The molecule has 0 aliphatic carbocycles. The summed E-state index contributed by atoms with van der Waals surface area (Å²) < 4.78 is 7.54. The summed E-state index contributed by atoms with van der Waals surface area (Å²) in [4.78, 5) is 12.2. The fraction of sp³-hybridized carbons (Fsp3) is 0.263. The van der Waals surface area contributed by atoms with Gasteiger partial charge in [0.1, 0.15) is 5.75 Å². The van der Waals surface area contributed by atoms with Crippen LogP contribution in [0.2, 0.25) is 0 Å². The molecule has 3 rings (SSSR count). The van der Waals surface area contributed by atoms with E-state index >= 15 is 0 Å². The first-order valence-corrected chi connectivity index (χ1v) is 7.95. The Morgan fingerprint density at radius 3 is 2.67 bits per heavy atom. The molecule has 124 valence electrons. The minimum Gasteiger partial charge on any atom is -0.481 e. The summed E-state index contributed by atoms with van der Waals surface area (Å²) in [6, 6.07) is 15.8. The number of benzene rings is 2. The second-order valence-electron chi connectivity index (χ2n) is 5.89. The quantitative estimate of drug-likeness (QED) is 0.785. The van der Waals surface area contributed by atoms with Crippen molar-refractivity contribution in [2.45, 2.75) is 26.5 Å². The number of hydrogen-bond donors (Lipinski definition) is 1. The molecule has 1 N–H and O–H groups in total. The van der Waals surface area contributed by atoms with Gasteiger partial charge in [0.05, 0.1) is 17.9 Å². The number of rotatable bonds is 5. The third kappa shape index (κ3) is 3.56. The Bertz CT molecular complexity index is 870. The molecule has 0 aliphatic heterocycles. The second-order valence-corrected chi connectivity index (χ2v) is 5.89. The van der Waals surface area contributed by atoms with Gasteiger partial charge in [-0.05, 0) is 42.8 Å². The van der Waals surface area contributed by atoms with Crippen molar-refractivity contribution in [1.29, 1.82) is 0 Å². The largest absolute Gasteiger partial charge is 0.481 e. The molecule has 0 unspecified atom stereocenters. The monoisotopic (exact) mass is 323 g/mol. The fourth-order valence-electron chi connectivity index (χ4n) is 2.65. The lowest BCUT2D eigenvalue weighted by molar-refractivity contribution is -0.127. The highest BCUT2D eigenvalue weighted by atomic mass is 16.5. The molecule has 0 fully saturated rings. The van der Waals surface area contributed by atoms with Gasteiger partial charge < -0.3 is 10.1 Å². The number of nitrogens with zero attached hydrogens (tertiary/aromatic N) is 2. The Hall–Kier alpha value is -2.82. The minimum absolute atomic E-state index is 0.151. The number of nitrogens with one attached hydrogen (secondary N) is 1. The highest BCUT2D eigenvalue weighted by Gasteiger charge is 2.15. The molecular formula is C19H21N3O2. The Labute approximate surface area is 141 Å². The number of ether oxygens (including phenoxy) is 1. The van der Waals surface area contributed by atoms with Crippen LogP contribution >= 0.6 is 0 Å². The molecule has 2 aromatic carbocycles. The lowest BCUT2D eigenvalue weighted by Gasteiger charge is -2.15. The first-order valence-electron chi connectivity index (χ1n) is 7.95. The van der Waals surface area contributed by atoms with Crippen molar-refractivity contribution in [3.63, 3.8) is 0 Å². The van der Waals surface area contributed by atoms with Crippen LogP contribution in [0.3, 0.4) is 0 Å². The van der Waals surface area contributed by atoms with Crippen LogP contribution in [0.25, 0.3) is 10.8 Å². The van der Waals surface area contributed by atoms with Gasteiger partial charge >= 0.3 is 0 Å². The average Bonchev–Trinajstić information content (AvgIpc) is 2.90. The van der Waals surface area contributed by atoms with E-state index in [2.05, 4.69) is 10.4 Å². The smallest absolute Gasteiger partial charge is 0.261 e. The second kappa shape index (κ2) is 6.74.